The number of halogens is 1. The molecule has 1 aliphatic carbocycles. The van der Waals surface area contributed by atoms with Gasteiger partial charge < -0.3 is 73.5 Å². The Labute approximate surface area is 571 Å². The van der Waals surface area contributed by atoms with Gasteiger partial charge in [-0.1, -0.05) is 109 Å². The fourth-order valence-corrected chi connectivity index (χ4v) is 13.1. The molecule has 516 valence electrons. The third kappa shape index (κ3) is 17.7. The van der Waals surface area contributed by atoms with Gasteiger partial charge in [0.15, 0.2) is 5.11 Å². The summed E-state index contributed by atoms with van der Waals surface area (Å²) in [5.74, 6) is -1.76. The Bertz CT molecular complexity index is 3630. The number of alkyl carbamates (subject to hydrolysis) is 1. The summed E-state index contributed by atoms with van der Waals surface area (Å²) >= 11 is 12.3. The fourth-order valence-electron chi connectivity index (χ4n) is 12.6. The van der Waals surface area contributed by atoms with Crippen LogP contribution in [0, 0.1) is 5.92 Å². The van der Waals surface area contributed by atoms with Crippen LogP contribution < -0.4 is 30.9 Å². The molecule has 0 saturated carbocycles. The van der Waals surface area contributed by atoms with Crippen molar-refractivity contribution < 1.29 is 66.7 Å². The van der Waals surface area contributed by atoms with Crippen LogP contribution in [-0.4, -0.2) is 198 Å². The van der Waals surface area contributed by atoms with Gasteiger partial charge in [0.05, 0.1) is 76.9 Å². The number of nitrogens with zero attached hydrogens (tertiary/aromatic N) is 5. The SMILES string of the molecule is COc1cc2cc(c1Cl)N(C)C(=O)C[C@H](OC(=O)[C@H](C)N(C)C(=O)CCOCCOCCNC(=S)NCCNC(=O)CCn1c(CN(C)N(C)C(=O)OCC3c4ccccc4-c4ccccc43)cc3ccccc31)[C@]1(C)OC1[C@H](C)[C@@H]1C[C@@H](NC(=O)O1)[C@H](OC)/C=C/C=C(\C)C2. The van der Waals surface area contributed by atoms with Crippen molar-refractivity contribution in [2.45, 2.75) is 121 Å². The van der Waals surface area contributed by atoms with E-state index in [9.17, 15) is 28.8 Å². The van der Waals surface area contributed by atoms with Gasteiger partial charge in [0, 0.05) is 97.4 Å². The molecule has 2 fully saturated rings. The highest BCUT2D eigenvalue weighted by Crippen LogP contribution is 2.49. The molecule has 5 aromatic rings. The van der Waals surface area contributed by atoms with Crippen LogP contribution in [0.3, 0.4) is 0 Å². The van der Waals surface area contributed by atoms with Crippen LogP contribution in [-0.2, 0) is 71.8 Å². The predicted octanol–water partition coefficient (Wildman–Crippen LogP) is 8.47. The topological polar surface area (TPSA) is 246 Å². The number of allylic oxidation sites excluding steroid dienone is 3. The number of methoxy groups -OCH3 is 2. The minimum Gasteiger partial charge on any atom is -0.495 e. The maximum atomic E-state index is 14.4. The highest BCUT2D eigenvalue weighted by atomic mass is 35.5. The molecular formula is C71H90ClN9O14S. The number of epoxide rings is 1. The number of ether oxygens (including phenoxy) is 8. The molecule has 5 amide bonds. The Morgan fingerprint density at radius 1 is 0.875 bits per heavy atom. The van der Waals surface area contributed by atoms with Gasteiger partial charge in [-0.15, -0.1) is 0 Å². The van der Waals surface area contributed by atoms with Crippen molar-refractivity contribution in [3.63, 3.8) is 0 Å². The number of thiocarbonyl (C=S) groups is 1. The highest BCUT2D eigenvalue weighted by Gasteiger charge is 2.64. The first-order valence-electron chi connectivity index (χ1n) is 32.5. The van der Waals surface area contributed by atoms with Crippen LogP contribution in [0.5, 0.6) is 5.75 Å². The van der Waals surface area contributed by atoms with Crippen molar-refractivity contribution in [2.75, 3.05) is 100.0 Å². The second-order valence-corrected chi connectivity index (χ2v) is 25.7. The van der Waals surface area contributed by atoms with Crippen molar-refractivity contribution in [2.24, 2.45) is 5.92 Å². The molecule has 1 aromatic heterocycles. The number of esters is 1. The number of carbonyl (C=O) groups excluding carboxylic acids is 6. The largest absolute Gasteiger partial charge is 0.495 e. The van der Waals surface area contributed by atoms with Gasteiger partial charge in [-0.25, -0.2) is 24.4 Å². The molecule has 1 unspecified atom stereocenters. The number of fused-ring (bicyclic) bond motifs is 9. The molecule has 2 saturated heterocycles. The van der Waals surface area contributed by atoms with E-state index in [-0.39, 0.29) is 68.4 Å². The van der Waals surface area contributed by atoms with Gasteiger partial charge >= 0.3 is 18.2 Å². The van der Waals surface area contributed by atoms with Gasteiger partial charge in [-0.3, -0.25) is 14.4 Å². The zero-order valence-corrected chi connectivity index (χ0v) is 57.9. The Hall–Kier alpha value is -8.10. The van der Waals surface area contributed by atoms with Gasteiger partial charge in [-0.2, -0.15) is 0 Å². The average Bonchev–Trinajstić information content (AvgIpc) is 1.57. The molecule has 96 heavy (non-hydrogen) atoms. The molecule has 9 rings (SSSR count). The van der Waals surface area contributed by atoms with E-state index in [0.717, 1.165) is 50.0 Å². The molecule has 4 heterocycles. The minimum atomic E-state index is -1.20. The summed E-state index contributed by atoms with van der Waals surface area (Å²) in [5.41, 5.74) is 7.56. The second kappa shape index (κ2) is 33.2. The zero-order valence-electron chi connectivity index (χ0n) is 56.4. The number of aromatic nitrogens is 1. The summed E-state index contributed by atoms with van der Waals surface area (Å²) in [5, 5.41) is 17.0. The number of aryl methyl sites for hydroxylation is 1. The quantitative estimate of drug-likeness (QED) is 0.0107. The van der Waals surface area contributed by atoms with Gasteiger partial charge in [0.25, 0.3) is 0 Å². The average molecular weight is 1360 g/mol. The molecule has 8 atom stereocenters. The number of anilines is 1. The number of hydrazine groups is 1. The lowest BCUT2D eigenvalue weighted by molar-refractivity contribution is -0.162. The number of rotatable bonds is 25. The highest BCUT2D eigenvalue weighted by molar-refractivity contribution is 7.80. The molecule has 4 N–H and O–H groups in total. The molecule has 0 spiro atoms. The van der Waals surface area contributed by atoms with E-state index in [1.165, 1.54) is 29.0 Å². The molecule has 0 radical (unpaired) electrons. The Morgan fingerprint density at radius 2 is 1.55 bits per heavy atom. The summed E-state index contributed by atoms with van der Waals surface area (Å²) in [7, 11) is 9.69. The third-order valence-corrected chi connectivity index (χ3v) is 19.2. The van der Waals surface area contributed by atoms with E-state index in [1.807, 2.05) is 105 Å². The van der Waals surface area contributed by atoms with Gasteiger partial charge in [-0.05, 0) is 96.9 Å². The summed E-state index contributed by atoms with van der Waals surface area (Å²) in [6.07, 6.45) is 2.59. The summed E-state index contributed by atoms with van der Waals surface area (Å²) in [6.45, 7) is 10.2. The Kier molecular flexibility index (Phi) is 25.0. The van der Waals surface area contributed by atoms with Crippen LogP contribution in [0.25, 0.3) is 22.0 Å². The standard InChI is InChI=1S/C71H90ClN9O14S/c1-44-18-17-25-58(88-9)55-40-59(93-69(86)76-55)45(2)66-71(4,95-66)61(41-64(84)79(7)57-37-47(36-44)38-60(89-10)65(57)72)94-67(85)46(3)78(6)63(83)27-32-90-34-35-91-33-30-75-68(96)74-29-28-73-62(82)26-31-81-49(39-48-19-11-16-24-56(48)81)42-77(5)80(8)70(87)92-43-54-52-22-14-12-20-50(52)51-21-13-15-23-53(51)54/h11-25,37-39,45-46,54-55,58-59,61,66H,26-36,40-43H2,1-10H3,(H,73,82)(H,76,86)(H2,74,75,96)/b25-17+,44-18+/t45-,46+,55-,58-,59+,61+,66?,71+/m1/s1. The summed E-state index contributed by atoms with van der Waals surface area (Å²) in [4.78, 5) is 84.3. The van der Waals surface area contributed by atoms with Crippen LogP contribution in [0.1, 0.15) is 81.7 Å². The number of benzene rings is 4. The molecule has 23 nitrogen and oxygen atoms in total. The number of likely N-dealkylation sites (N-methyl/N-ethyl adjacent to an activating group) is 1. The Balaban J connectivity index is 0.666. The first-order valence-corrected chi connectivity index (χ1v) is 33.3. The molecule has 3 aliphatic heterocycles. The summed E-state index contributed by atoms with van der Waals surface area (Å²) in [6, 6.07) is 28.7. The molecule has 4 aromatic carbocycles. The number of para-hydroxylation sites is 1. The second-order valence-electron chi connectivity index (χ2n) is 24.9. The normalized spacial score (nSPS) is 22.0. The van der Waals surface area contributed by atoms with Crippen LogP contribution in [0.4, 0.5) is 15.3 Å². The third-order valence-electron chi connectivity index (χ3n) is 18.5. The minimum absolute atomic E-state index is 0.0341. The number of amides is 5. The predicted molar refractivity (Wildman–Crippen MR) is 369 cm³/mol. The monoisotopic (exact) mass is 1360 g/mol. The van der Waals surface area contributed by atoms with Crippen molar-refractivity contribution in [1.82, 2.24) is 40.8 Å². The van der Waals surface area contributed by atoms with E-state index >= 15 is 0 Å². The summed E-state index contributed by atoms with van der Waals surface area (Å²) < 4.78 is 49.3. The maximum Gasteiger partial charge on any atom is 0.424 e. The first kappa shape index (κ1) is 72.2. The van der Waals surface area contributed by atoms with E-state index in [1.54, 1.807) is 35.1 Å². The number of hydrogen-bond acceptors (Lipinski definition) is 16. The molecular weight excluding hydrogens is 1270 g/mol. The molecule has 4 aliphatic rings. The van der Waals surface area contributed by atoms with E-state index in [4.69, 9.17) is 61.7 Å². The lowest BCUT2D eigenvalue weighted by Crippen LogP contribution is -2.53. The van der Waals surface area contributed by atoms with Crippen molar-refractivity contribution >= 4 is 81.4 Å². The first-order chi connectivity index (χ1) is 46.1. The van der Waals surface area contributed by atoms with Gasteiger partial charge in [0.2, 0.25) is 17.7 Å². The lowest BCUT2D eigenvalue weighted by atomic mass is 9.84. The van der Waals surface area contributed by atoms with Crippen LogP contribution in [0.2, 0.25) is 5.02 Å². The zero-order chi connectivity index (χ0) is 68.8. The number of hydrogen-bond donors (Lipinski definition) is 4. The van der Waals surface area contributed by atoms with E-state index < -0.39 is 72.1 Å². The van der Waals surface area contributed by atoms with Crippen LogP contribution in [0.15, 0.2) is 115 Å². The number of nitrogens with one attached hydrogen (secondary N) is 4. The molecule has 4 bridgehead atoms. The molecule has 25 heteroatoms. The van der Waals surface area contributed by atoms with Crippen molar-refractivity contribution in [3.8, 4) is 16.9 Å². The van der Waals surface area contributed by atoms with E-state index in [2.05, 4.69) is 56.2 Å². The number of carbonyl (C=O) groups is 6. The van der Waals surface area contributed by atoms with E-state index in [0.29, 0.717) is 68.7 Å². The Morgan fingerprint density at radius 3 is 2.27 bits per heavy atom. The van der Waals surface area contributed by atoms with Crippen LogP contribution >= 0.6 is 23.8 Å². The lowest BCUT2D eigenvalue weighted by Gasteiger charge is -2.36. The van der Waals surface area contributed by atoms with Crippen molar-refractivity contribution in [1.29, 1.82) is 0 Å². The van der Waals surface area contributed by atoms with Crippen molar-refractivity contribution in [3.05, 3.63) is 142 Å². The smallest absolute Gasteiger partial charge is 0.424 e. The maximum absolute atomic E-state index is 14.4. The fraction of sp³-hybridized carbons (Fsp3) is 0.479. The van der Waals surface area contributed by atoms with Gasteiger partial charge in [0.1, 0.15) is 41.2 Å².